The average molecular weight is 402 g/mol. The smallest absolute Gasteiger partial charge is 0.0706 e. The SMILES string of the molecule is C/C=C(\C=NC)C(=NC)/C(=C(/C)NC1CCCCC1)C(C)C.C=CC=C.CCC. The first-order chi connectivity index (χ1) is 13.9. The van der Waals surface area contributed by atoms with Crippen LogP contribution in [0.25, 0.3) is 0 Å². The Morgan fingerprint density at radius 2 is 1.59 bits per heavy atom. The second-order valence-corrected chi connectivity index (χ2v) is 7.55. The quantitative estimate of drug-likeness (QED) is 0.352. The van der Waals surface area contributed by atoms with Crippen LogP contribution in [0.4, 0.5) is 0 Å². The molecule has 166 valence electrons. The van der Waals surface area contributed by atoms with Gasteiger partial charge < -0.3 is 5.32 Å². The Labute approximate surface area is 181 Å². The Bertz CT molecular complexity index is 551. The van der Waals surface area contributed by atoms with Crippen molar-refractivity contribution < 1.29 is 0 Å². The first-order valence-electron chi connectivity index (χ1n) is 11.1. The van der Waals surface area contributed by atoms with Crippen molar-refractivity contribution in [1.29, 1.82) is 0 Å². The van der Waals surface area contributed by atoms with Gasteiger partial charge in [-0.1, -0.05) is 84.8 Å². The summed E-state index contributed by atoms with van der Waals surface area (Å²) in [5.74, 6) is 0.426. The molecule has 0 bridgehead atoms. The molecule has 0 atom stereocenters. The van der Waals surface area contributed by atoms with E-state index in [1.165, 1.54) is 49.8 Å². The molecule has 0 amide bonds. The summed E-state index contributed by atoms with van der Waals surface area (Å²) < 4.78 is 0. The molecular weight excluding hydrogens is 354 g/mol. The third-order valence-corrected chi connectivity index (χ3v) is 4.51. The summed E-state index contributed by atoms with van der Waals surface area (Å²) in [6.45, 7) is 19.7. The fourth-order valence-electron chi connectivity index (χ4n) is 3.33. The minimum absolute atomic E-state index is 0.426. The van der Waals surface area contributed by atoms with Crippen LogP contribution in [0.2, 0.25) is 0 Å². The lowest BCUT2D eigenvalue weighted by Gasteiger charge is -2.27. The van der Waals surface area contributed by atoms with Gasteiger partial charge in [-0.15, -0.1) is 0 Å². The predicted molar refractivity (Wildman–Crippen MR) is 135 cm³/mol. The van der Waals surface area contributed by atoms with E-state index in [4.69, 9.17) is 0 Å². The molecule has 0 unspecified atom stereocenters. The van der Waals surface area contributed by atoms with Crippen LogP contribution < -0.4 is 5.32 Å². The molecule has 1 saturated carbocycles. The lowest BCUT2D eigenvalue weighted by atomic mass is 9.90. The van der Waals surface area contributed by atoms with Crippen LogP contribution in [0.3, 0.4) is 0 Å². The Morgan fingerprint density at radius 1 is 1.07 bits per heavy atom. The molecule has 1 aliphatic rings. The van der Waals surface area contributed by atoms with E-state index in [0.29, 0.717) is 12.0 Å². The number of nitrogens with one attached hydrogen (secondary N) is 1. The van der Waals surface area contributed by atoms with Gasteiger partial charge in [0.15, 0.2) is 0 Å². The lowest BCUT2D eigenvalue weighted by Crippen LogP contribution is -2.32. The van der Waals surface area contributed by atoms with Gasteiger partial charge in [-0.3, -0.25) is 9.98 Å². The van der Waals surface area contributed by atoms with Crippen molar-refractivity contribution in [3.8, 4) is 0 Å². The van der Waals surface area contributed by atoms with Crippen molar-refractivity contribution in [3.05, 3.63) is 48.2 Å². The van der Waals surface area contributed by atoms with Crippen LogP contribution in [-0.2, 0) is 0 Å². The number of hydrogen-bond acceptors (Lipinski definition) is 3. The Balaban J connectivity index is 0. The van der Waals surface area contributed by atoms with Crippen molar-refractivity contribution in [2.75, 3.05) is 14.1 Å². The zero-order valence-corrected chi connectivity index (χ0v) is 20.5. The Hall–Kier alpha value is -1.90. The van der Waals surface area contributed by atoms with E-state index in [9.17, 15) is 0 Å². The summed E-state index contributed by atoms with van der Waals surface area (Å²) in [6, 6.07) is 0.620. The highest BCUT2D eigenvalue weighted by Gasteiger charge is 2.19. The molecule has 1 rings (SSSR count). The monoisotopic (exact) mass is 401 g/mol. The highest BCUT2D eigenvalue weighted by atomic mass is 14.9. The normalized spacial score (nSPS) is 16.3. The molecule has 3 heteroatoms. The number of allylic oxidation sites excluding steroid dienone is 6. The minimum atomic E-state index is 0.426. The highest BCUT2D eigenvalue weighted by Crippen LogP contribution is 2.23. The number of hydrogen-bond donors (Lipinski definition) is 1. The number of rotatable bonds is 7. The Kier molecular flexibility index (Phi) is 19.6. The van der Waals surface area contributed by atoms with Crippen molar-refractivity contribution in [1.82, 2.24) is 5.32 Å². The molecule has 0 aromatic rings. The minimum Gasteiger partial charge on any atom is -0.386 e. The van der Waals surface area contributed by atoms with E-state index in [2.05, 4.69) is 69.2 Å². The van der Waals surface area contributed by atoms with E-state index >= 15 is 0 Å². The molecule has 0 aliphatic heterocycles. The topological polar surface area (TPSA) is 36.8 Å². The third-order valence-electron chi connectivity index (χ3n) is 4.51. The van der Waals surface area contributed by atoms with E-state index in [0.717, 1.165) is 11.3 Å². The van der Waals surface area contributed by atoms with Gasteiger partial charge in [0.1, 0.15) is 0 Å². The largest absolute Gasteiger partial charge is 0.386 e. The summed E-state index contributed by atoms with van der Waals surface area (Å²) in [5.41, 5.74) is 4.73. The molecule has 1 fully saturated rings. The lowest BCUT2D eigenvalue weighted by molar-refractivity contribution is 0.395. The van der Waals surface area contributed by atoms with Gasteiger partial charge in [-0.05, 0) is 38.2 Å². The summed E-state index contributed by atoms with van der Waals surface area (Å²) in [5, 5.41) is 3.76. The van der Waals surface area contributed by atoms with Crippen molar-refractivity contribution in [2.24, 2.45) is 15.9 Å². The Morgan fingerprint density at radius 3 is 1.93 bits per heavy atom. The van der Waals surface area contributed by atoms with E-state index < -0.39 is 0 Å². The van der Waals surface area contributed by atoms with E-state index in [1.54, 1.807) is 12.2 Å². The fourth-order valence-corrected chi connectivity index (χ4v) is 3.33. The zero-order chi connectivity index (χ0) is 22.7. The highest BCUT2D eigenvalue weighted by molar-refractivity contribution is 6.24. The van der Waals surface area contributed by atoms with Gasteiger partial charge in [0.2, 0.25) is 0 Å². The molecule has 0 aromatic carbocycles. The van der Waals surface area contributed by atoms with Gasteiger partial charge >= 0.3 is 0 Å². The summed E-state index contributed by atoms with van der Waals surface area (Å²) in [4.78, 5) is 8.75. The van der Waals surface area contributed by atoms with Crippen molar-refractivity contribution in [2.45, 2.75) is 86.1 Å². The molecule has 0 radical (unpaired) electrons. The van der Waals surface area contributed by atoms with Gasteiger partial charge in [0.05, 0.1) is 5.71 Å². The van der Waals surface area contributed by atoms with Crippen LogP contribution in [0, 0.1) is 5.92 Å². The molecule has 1 aliphatic carbocycles. The van der Waals surface area contributed by atoms with Crippen LogP contribution in [0.1, 0.15) is 80.1 Å². The second kappa shape index (κ2) is 19.4. The molecule has 0 heterocycles. The maximum atomic E-state index is 4.57. The van der Waals surface area contributed by atoms with E-state index in [1.807, 2.05) is 27.2 Å². The van der Waals surface area contributed by atoms with Gasteiger partial charge in [0.25, 0.3) is 0 Å². The first-order valence-corrected chi connectivity index (χ1v) is 11.1. The number of nitrogens with zero attached hydrogens (tertiary/aromatic N) is 2. The number of aliphatic imine (C=N–C) groups is 2. The van der Waals surface area contributed by atoms with Gasteiger partial charge in [-0.25, -0.2) is 0 Å². The second-order valence-electron chi connectivity index (χ2n) is 7.55. The maximum absolute atomic E-state index is 4.57. The molecule has 1 N–H and O–H groups in total. The summed E-state index contributed by atoms with van der Waals surface area (Å²) in [6.07, 6.45) is 15.2. The van der Waals surface area contributed by atoms with Crippen molar-refractivity contribution >= 4 is 11.9 Å². The van der Waals surface area contributed by atoms with Crippen LogP contribution in [0.5, 0.6) is 0 Å². The average Bonchev–Trinajstić information content (AvgIpc) is 2.71. The fraction of sp³-hybridized carbons (Fsp3) is 0.615. The molecule has 0 saturated heterocycles. The molecule has 29 heavy (non-hydrogen) atoms. The van der Waals surface area contributed by atoms with Gasteiger partial charge in [0, 0.05) is 37.6 Å². The van der Waals surface area contributed by atoms with Crippen molar-refractivity contribution in [3.63, 3.8) is 0 Å². The molecule has 3 nitrogen and oxygen atoms in total. The maximum Gasteiger partial charge on any atom is 0.0706 e. The van der Waals surface area contributed by atoms with Crippen LogP contribution >= 0.6 is 0 Å². The molecular formula is C26H47N3. The molecule has 0 aromatic heterocycles. The van der Waals surface area contributed by atoms with Gasteiger partial charge in [-0.2, -0.15) is 0 Å². The zero-order valence-electron chi connectivity index (χ0n) is 20.5. The predicted octanol–water partition coefficient (Wildman–Crippen LogP) is 7.33. The standard InChI is InChI=1S/C19H33N3.C4H6.C3H8/c1-7-16(13-20-5)19(21-6)18(14(2)3)15(4)22-17-11-9-8-10-12-17;1-3-4-2;1-3-2/h7,13-14,17,22H,8-12H2,1-6H3;3-4H,1-2H2;3H2,1-2H3/b16-7+,18-15-,20-13?,21-19?;;. The van der Waals surface area contributed by atoms with E-state index in [-0.39, 0.29) is 0 Å². The van der Waals surface area contributed by atoms with Crippen LogP contribution in [-0.4, -0.2) is 32.1 Å². The van der Waals surface area contributed by atoms with Crippen LogP contribution in [0.15, 0.2) is 58.2 Å². The summed E-state index contributed by atoms with van der Waals surface area (Å²) >= 11 is 0. The third kappa shape index (κ3) is 13.0. The molecule has 0 spiro atoms. The first kappa shape index (κ1) is 29.3. The summed E-state index contributed by atoms with van der Waals surface area (Å²) in [7, 11) is 3.68.